The minimum absolute atomic E-state index is 0.0787. The molecule has 18 heavy (non-hydrogen) atoms. The monoisotopic (exact) mass is 248 g/mol. The lowest BCUT2D eigenvalue weighted by molar-refractivity contribution is -0.146. The largest absolute Gasteiger partial charge is 0.341 e. The molecular weight excluding hydrogens is 224 g/mol. The molecule has 2 saturated carbocycles. The van der Waals surface area contributed by atoms with E-state index in [-0.39, 0.29) is 5.91 Å². The molecule has 0 N–H and O–H groups in total. The molecule has 0 aliphatic heterocycles. The van der Waals surface area contributed by atoms with Gasteiger partial charge in [0.2, 0.25) is 5.91 Å². The van der Waals surface area contributed by atoms with Gasteiger partial charge >= 0.3 is 0 Å². The number of rotatable bonds is 2. The highest BCUT2D eigenvalue weighted by Crippen LogP contribution is 2.46. The average molecular weight is 248 g/mol. The summed E-state index contributed by atoms with van der Waals surface area (Å²) in [5.41, 5.74) is -0.694. The topological polar surface area (TPSA) is 44.1 Å². The normalized spacial score (nSPS) is 33.1. The zero-order valence-electron chi connectivity index (χ0n) is 11.6. The van der Waals surface area contributed by atoms with E-state index < -0.39 is 5.41 Å². The van der Waals surface area contributed by atoms with E-state index in [1.807, 2.05) is 11.9 Å². The van der Waals surface area contributed by atoms with Crippen molar-refractivity contribution in [3.05, 3.63) is 0 Å². The third-order valence-corrected chi connectivity index (χ3v) is 4.71. The molecule has 3 nitrogen and oxygen atoms in total. The van der Waals surface area contributed by atoms with Crippen molar-refractivity contribution in [2.75, 3.05) is 7.05 Å². The summed E-state index contributed by atoms with van der Waals surface area (Å²) in [5.74, 6) is 0.603. The molecule has 0 aromatic carbocycles. The molecule has 0 spiro atoms. The summed E-state index contributed by atoms with van der Waals surface area (Å²) in [4.78, 5) is 14.4. The number of hydrogen-bond donors (Lipinski definition) is 0. The fourth-order valence-corrected chi connectivity index (χ4v) is 3.59. The molecule has 1 amide bonds. The van der Waals surface area contributed by atoms with Gasteiger partial charge in [0.25, 0.3) is 0 Å². The Hall–Kier alpha value is -1.04. The van der Waals surface area contributed by atoms with Crippen molar-refractivity contribution in [3.8, 4) is 6.07 Å². The summed E-state index contributed by atoms with van der Waals surface area (Å²) in [6.07, 6.45) is 8.74. The van der Waals surface area contributed by atoms with Crippen LogP contribution in [0.5, 0.6) is 0 Å². The molecule has 0 radical (unpaired) electrons. The van der Waals surface area contributed by atoms with E-state index in [4.69, 9.17) is 0 Å². The van der Waals surface area contributed by atoms with Gasteiger partial charge < -0.3 is 4.90 Å². The van der Waals surface area contributed by atoms with Gasteiger partial charge in [-0.05, 0) is 31.6 Å². The first-order valence-corrected chi connectivity index (χ1v) is 7.27. The van der Waals surface area contributed by atoms with Crippen LogP contribution in [0.2, 0.25) is 0 Å². The molecule has 2 aliphatic carbocycles. The lowest BCUT2D eigenvalue weighted by Gasteiger charge is -2.43. The number of amides is 1. The van der Waals surface area contributed by atoms with Crippen LogP contribution in [-0.2, 0) is 4.79 Å². The van der Waals surface area contributed by atoms with E-state index in [0.29, 0.717) is 12.0 Å². The molecule has 0 bridgehead atoms. The van der Waals surface area contributed by atoms with Crippen molar-refractivity contribution >= 4 is 5.91 Å². The van der Waals surface area contributed by atoms with Crippen LogP contribution in [0.15, 0.2) is 0 Å². The molecule has 0 aromatic rings. The van der Waals surface area contributed by atoms with Crippen LogP contribution >= 0.6 is 0 Å². The molecule has 2 aliphatic rings. The number of nitrogens with zero attached hydrogens (tertiary/aromatic N) is 2. The van der Waals surface area contributed by atoms with Crippen molar-refractivity contribution in [2.24, 2.45) is 11.3 Å². The second-order valence-corrected chi connectivity index (χ2v) is 6.27. The highest BCUT2D eigenvalue weighted by Gasteiger charge is 2.50. The third kappa shape index (κ3) is 2.39. The highest BCUT2D eigenvalue weighted by atomic mass is 16.2. The van der Waals surface area contributed by atoms with E-state index in [2.05, 4.69) is 13.0 Å². The molecule has 2 rings (SSSR count). The van der Waals surface area contributed by atoms with Crippen molar-refractivity contribution in [3.63, 3.8) is 0 Å². The maximum Gasteiger partial charge on any atom is 0.243 e. The van der Waals surface area contributed by atoms with Gasteiger partial charge in [-0.2, -0.15) is 5.26 Å². The van der Waals surface area contributed by atoms with Crippen LogP contribution in [0.1, 0.15) is 58.3 Å². The summed E-state index contributed by atoms with van der Waals surface area (Å²) in [6.45, 7) is 2.12. The van der Waals surface area contributed by atoms with E-state index in [1.54, 1.807) is 0 Å². The van der Waals surface area contributed by atoms with E-state index in [0.717, 1.165) is 25.7 Å². The summed E-state index contributed by atoms with van der Waals surface area (Å²) < 4.78 is 0. The number of hydrogen-bond acceptors (Lipinski definition) is 2. The zero-order valence-corrected chi connectivity index (χ0v) is 11.6. The second-order valence-electron chi connectivity index (χ2n) is 6.27. The molecule has 0 saturated heterocycles. The third-order valence-electron chi connectivity index (χ3n) is 4.71. The van der Waals surface area contributed by atoms with Crippen LogP contribution in [0, 0.1) is 22.7 Å². The van der Waals surface area contributed by atoms with Gasteiger partial charge in [0.05, 0.1) is 6.07 Å². The van der Waals surface area contributed by atoms with Gasteiger partial charge in [-0.15, -0.1) is 0 Å². The van der Waals surface area contributed by atoms with Gasteiger partial charge in [0, 0.05) is 13.1 Å². The Kier molecular flexibility index (Phi) is 3.94. The first-order valence-electron chi connectivity index (χ1n) is 7.27. The summed E-state index contributed by atoms with van der Waals surface area (Å²) in [5, 5.41) is 9.33. The smallest absolute Gasteiger partial charge is 0.243 e. The quantitative estimate of drug-likeness (QED) is 0.705. The van der Waals surface area contributed by atoms with Crippen molar-refractivity contribution in [2.45, 2.75) is 64.3 Å². The van der Waals surface area contributed by atoms with Crippen LogP contribution in [0.3, 0.4) is 0 Å². The maximum absolute atomic E-state index is 12.5. The van der Waals surface area contributed by atoms with Gasteiger partial charge in [-0.1, -0.05) is 32.6 Å². The van der Waals surface area contributed by atoms with Crippen LogP contribution in [0.25, 0.3) is 0 Å². The Morgan fingerprint density at radius 1 is 1.22 bits per heavy atom. The number of carbonyl (C=O) groups excluding carboxylic acids is 1. The molecular formula is C15H24N2O. The Morgan fingerprint density at radius 2 is 1.78 bits per heavy atom. The lowest BCUT2D eigenvalue weighted by Crippen LogP contribution is -2.51. The van der Waals surface area contributed by atoms with Crippen molar-refractivity contribution in [1.29, 1.82) is 5.26 Å². The molecule has 0 aromatic heterocycles. The summed E-state index contributed by atoms with van der Waals surface area (Å²) in [7, 11) is 1.90. The Balaban J connectivity index is 2.01. The predicted molar refractivity (Wildman–Crippen MR) is 70.7 cm³/mol. The average Bonchev–Trinajstić information content (AvgIpc) is 2.61. The van der Waals surface area contributed by atoms with Crippen molar-refractivity contribution < 1.29 is 4.79 Å². The van der Waals surface area contributed by atoms with Crippen LogP contribution in [-0.4, -0.2) is 23.9 Å². The van der Waals surface area contributed by atoms with Gasteiger partial charge in [0.1, 0.15) is 5.41 Å². The van der Waals surface area contributed by atoms with E-state index >= 15 is 0 Å². The van der Waals surface area contributed by atoms with Gasteiger partial charge in [-0.3, -0.25) is 4.79 Å². The SMILES string of the molecule is CC1CC(C#N)(C(=O)N(C)C2CCCCCC2)C1. The molecule has 2 fully saturated rings. The van der Waals surface area contributed by atoms with E-state index in [9.17, 15) is 10.1 Å². The van der Waals surface area contributed by atoms with E-state index in [1.165, 1.54) is 25.7 Å². The Bertz CT molecular complexity index is 344. The Morgan fingerprint density at radius 3 is 2.22 bits per heavy atom. The number of nitriles is 1. The standard InChI is InChI=1S/C15H24N2O/c1-12-9-15(10-12,11-16)14(18)17(2)13-7-5-3-4-6-8-13/h12-13H,3-10H2,1-2H3. The summed E-state index contributed by atoms with van der Waals surface area (Å²) >= 11 is 0. The van der Waals surface area contributed by atoms with Gasteiger partial charge in [0.15, 0.2) is 0 Å². The Labute approximate surface area is 110 Å². The predicted octanol–water partition coefficient (Wildman–Crippen LogP) is 3.11. The zero-order chi connectivity index (χ0) is 13.2. The molecule has 3 heteroatoms. The minimum Gasteiger partial charge on any atom is -0.341 e. The summed E-state index contributed by atoms with van der Waals surface area (Å²) in [6, 6.07) is 2.65. The lowest BCUT2D eigenvalue weighted by atomic mass is 9.62. The minimum atomic E-state index is -0.694. The maximum atomic E-state index is 12.5. The second kappa shape index (κ2) is 5.30. The molecule has 100 valence electrons. The molecule has 0 unspecified atom stereocenters. The molecule has 0 heterocycles. The van der Waals surface area contributed by atoms with Crippen molar-refractivity contribution in [1.82, 2.24) is 4.90 Å². The van der Waals surface area contributed by atoms with Crippen LogP contribution in [0.4, 0.5) is 0 Å². The highest BCUT2D eigenvalue weighted by molar-refractivity contribution is 5.86. The first kappa shape index (κ1) is 13.4. The fourth-order valence-electron chi connectivity index (χ4n) is 3.59. The fraction of sp³-hybridized carbons (Fsp3) is 0.867. The first-order chi connectivity index (χ1) is 8.59. The molecule has 0 atom stereocenters. The number of carbonyl (C=O) groups is 1. The van der Waals surface area contributed by atoms with Gasteiger partial charge in [-0.25, -0.2) is 0 Å². The van der Waals surface area contributed by atoms with Crippen LogP contribution < -0.4 is 0 Å².